The summed E-state index contributed by atoms with van der Waals surface area (Å²) < 4.78 is 16.7. The number of rotatable bonds is 42. The predicted octanol–water partition coefficient (Wildman–Crippen LogP) is 16.3. The van der Waals surface area contributed by atoms with E-state index in [1.807, 2.05) is 48.6 Å². The van der Waals surface area contributed by atoms with Crippen molar-refractivity contribution >= 4 is 17.9 Å². The molecule has 0 spiro atoms. The van der Waals surface area contributed by atoms with Crippen molar-refractivity contribution in [2.45, 2.75) is 194 Å². The van der Waals surface area contributed by atoms with Gasteiger partial charge in [0.15, 0.2) is 6.10 Å². The van der Waals surface area contributed by atoms with Crippen LogP contribution in [0.5, 0.6) is 0 Å². The number of carbonyl (C=O) groups is 3. The third-order valence-electron chi connectivity index (χ3n) is 9.76. The van der Waals surface area contributed by atoms with E-state index in [-0.39, 0.29) is 37.5 Å². The van der Waals surface area contributed by atoms with E-state index in [0.717, 1.165) is 116 Å². The number of allylic oxidation sites excluding steroid dienone is 22. The molecule has 6 heteroatoms. The largest absolute Gasteiger partial charge is 0.462 e. The third kappa shape index (κ3) is 48.4. The first-order chi connectivity index (χ1) is 31.0. The minimum Gasteiger partial charge on any atom is -0.462 e. The molecule has 0 rings (SSSR count). The monoisotopic (exact) mass is 869 g/mol. The fourth-order valence-electron chi connectivity index (χ4n) is 6.14. The molecule has 0 heterocycles. The Morgan fingerprint density at radius 1 is 0.333 bits per heavy atom. The van der Waals surface area contributed by atoms with Gasteiger partial charge < -0.3 is 14.2 Å². The van der Waals surface area contributed by atoms with Gasteiger partial charge in [0.25, 0.3) is 0 Å². The van der Waals surface area contributed by atoms with Crippen molar-refractivity contribution in [1.82, 2.24) is 0 Å². The molecule has 6 nitrogen and oxygen atoms in total. The molecule has 0 aliphatic rings. The molecule has 63 heavy (non-hydrogen) atoms. The Labute approximate surface area is 385 Å². The van der Waals surface area contributed by atoms with Gasteiger partial charge in [-0.2, -0.15) is 0 Å². The van der Waals surface area contributed by atoms with Gasteiger partial charge in [0.1, 0.15) is 13.2 Å². The highest BCUT2D eigenvalue weighted by molar-refractivity contribution is 5.71. The quantitative estimate of drug-likeness (QED) is 0.0200. The van der Waals surface area contributed by atoms with Gasteiger partial charge in [-0.25, -0.2) is 0 Å². The summed E-state index contributed by atoms with van der Waals surface area (Å²) in [5.41, 5.74) is 0. The van der Waals surface area contributed by atoms with Gasteiger partial charge in [-0.1, -0.05) is 199 Å². The number of esters is 3. The molecule has 0 bridgehead atoms. The molecular formula is C57H88O6. The summed E-state index contributed by atoms with van der Waals surface area (Å²) in [5.74, 6) is -1.01. The lowest BCUT2D eigenvalue weighted by Gasteiger charge is -2.18. The van der Waals surface area contributed by atoms with E-state index in [4.69, 9.17) is 14.2 Å². The van der Waals surface area contributed by atoms with Crippen LogP contribution in [0.4, 0.5) is 0 Å². The molecule has 0 aliphatic carbocycles. The summed E-state index contributed by atoms with van der Waals surface area (Å²) in [4.78, 5) is 37.9. The van der Waals surface area contributed by atoms with E-state index < -0.39 is 6.10 Å². The van der Waals surface area contributed by atoms with Gasteiger partial charge >= 0.3 is 17.9 Å². The zero-order valence-corrected chi connectivity index (χ0v) is 40.0. The van der Waals surface area contributed by atoms with Crippen LogP contribution in [0.25, 0.3) is 0 Å². The number of ether oxygens (including phenoxy) is 3. The highest BCUT2D eigenvalue weighted by atomic mass is 16.6. The van der Waals surface area contributed by atoms with Crippen molar-refractivity contribution in [1.29, 1.82) is 0 Å². The summed E-state index contributed by atoms with van der Waals surface area (Å²) in [5, 5.41) is 0. The Bertz CT molecular complexity index is 1420. The number of hydrogen-bond acceptors (Lipinski definition) is 6. The van der Waals surface area contributed by atoms with Crippen LogP contribution in [0.2, 0.25) is 0 Å². The second kappa shape index (κ2) is 50.2. The van der Waals surface area contributed by atoms with Crippen molar-refractivity contribution < 1.29 is 28.6 Å². The molecule has 0 saturated heterocycles. The maximum Gasteiger partial charge on any atom is 0.306 e. The molecule has 0 fully saturated rings. The molecule has 0 aromatic rings. The van der Waals surface area contributed by atoms with Crippen LogP contribution >= 0.6 is 0 Å². The minimum atomic E-state index is -0.821. The topological polar surface area (TPSA) is 78.9 Å². The molecule has 0 radical (unpaired) electrons. The van der Waals surface area contributed by atoms with Crippen LogP contribution in [0.1, 0.15) is 188 Å². The third-order valence-corrected chi connectivity index (χ3v) is 9.76. The standard InChI is InChI=1S/C57H88O6/c1-4-7-10-13-16-19-22-25-28-30-32-35-38-41-44-47-50-56(59)62-53-54(52-61-55(58)49-46-43-40-37-34-31-27-24-21-18-15-12-9-6-3)63-57(60)51-48-45-42-39-36-33-29-26-23-20-17-14-11-8-5-2/h7-12,14,16-21,23,25-26,28-29,32-33,35-36,54H,4-6,13,15,22,24,27,30-31,34,37-53H2,1-3H3/b10-7-,11-8-,12-9-,17-14-,19-16-,21-18-,23-20-,28-25-,29-26-,35-32-,36-33-. The van der Waals surface area contributed by atoms with E-state index in [0.29, 0.717) is 19.3 Å². The average molecular weight is 869 g/mol. The summed E-state index contributed by atoms with van der Waals surface area (Å²) in [6.45, 7) is 6.18. The molecule has 0 aliphatic heterocycles. The molecule has 1 unspecified atom stereocenters. The molecule has 352 valence electrons. The Hall–Kier alpha value is -4.45. The van der Waals surface area contributed by atoms with Gasteiger partial charge in [-0.3, -0.25) is 14.4 Å². The van der Waals surface area contributed by atoms with Gasteiger partial charge in [0, 0.05) is 19.3 Å². The maximum absolute atomic E-state index is 12.8. The van der Waals surface area contributed by atoms with Crippen LogP contribution in [-0.2, 0) is 28.6 Å². The Balaban J connectivity index is 4.57. The zero-order chi connectivity index (χ0) is 45.8. The van der Waals surface area contributed by atoms with E-state index in [1.54, 1.807) is 0 Å². The number of carbonyl (C=O) groups excluding carboxylic acids is 3. The Kier molecular flexibility index (Phi) is 46.7. The molecule has 0 aromatic carbocycles. The van der Waals surface area contributed by atoms with Crippen molar-refractivity contribution in [3.05, 3.63) is 134 Å². The SMILES string of the molecule is CC\C=C/C=C\C=C/C=C\C=C/CCCCCC(=O)OC(COC(=O)CCCCC/C=C\C/C=C\C/C=C\C/C=C\CC)COC(=O)CCCCCCCCC/C=C\C/C=C\CC. The summed E-state index contributed by atoms with van der Waals surface area (Å²) in [6, 6.07) is 0. The molecule has 1 atom stereocenters. The van der Waals surface area contributed by atoms with Crippen molar-refractivity contribution in [3.63, 3.8) is 0 Å². The van der Waals surface area contributed by atoms with E-state index in [1.165, 1.54) is 25.7 Å². The average Bonchev–Trinajstić information content (AvgIpc) is 3.28. The van der Waals surface area contributed by atoms with Gasteiger partial charge in [-0.15, -0.1) is 0 Å². The summed E-state index contributed by atoms with van der Waals surface area (Å²) >= 11 is 0. The molecule has 0 amide bonds. The Morgan fingerprint density at radius 3 is 1.10 bits per heavy atom. The van der Waals surface area contributed by atoms with E-state index >= 15 is 0 Å². The second-order valence-electron chi connectivity index (χ2n) is 15.7. The van der Waals surface area contributed by atoms with Crippen molar-refractivity contribution in [2.24, 2.45) is 0 Å². The molecular weight excluding hydrogens is 781 g/mol. The fourth-order valence-corrected chi connectivity index (χ4v) is 6.14. The summed E-state index contributed by atoms with van der Waals surface area (Å²) in [6.07, 6.45) is 70.0. The smallest absolute Gasteiger partial charge is 0.306 e. The van der Waals surface area contributed by atoms with Crippen molar-refractivity contribution in [2.75, 3.05) is 13.2 Å². The lowest BCUT2D eigenvalue weighted by atomic mass is 10.1. The normalized spacial score (nSPS) is 13.3. The predicted molar refractivity (Wildman–Crippen MR) is 269 cm³/mol. The van der Waals surface area contributed by atoms with Gasteiger partial charge in [0.05, 0.1) is 0 Å². The van der Waals surface area contributed by atoms with Gasteiger partial charge in [-0.05, 0) is 103 Å². The van der Waals surface area contributed by atoms with Crippen LogP contribution in [0, 0.1) is 0 Å². The highest BCUT2D eigenvalue weighted by Gasteiger charge is 2.19. The Morgan fingerprint density at radius 2 is 0.651 bits per heavy atom. The van der Waals surface area contributed by atoms with Crippen LogP contribution < -0.4 is 0 Å². The molecule has 0 N–H and O–H groups in total. The second-order valence-corrected chi connectivity index (χ2v) is 15.7. The number of hydrogen-bond donors (Lipinski definition) is 0. The highest BCUT2D eigenvalue weighted by Crippen LogP contribution is 2.12. The lowest BCUT2D eigenvalue weighted by molar-refractivity contribution is -0.167. The van der Waals surface area contributed by atoms with Crippen LogP contribution in [0.15, 0.2) is 134 Å². The molecule has 0 aromatic heterocycles. The maximum atomic E-state index is 12.8. The summed E-state index contributed by atoms with van der Waals surface area (Å²) in [7, 11) is 0. The van der Waals surface area contributed by atoms with Crippen LogP contribution in [0.3, 0.4) is 0 Å². The number of unbranched alkanes of at least 4 members (excludes halogenated alkanes) is 13. The fraction of sp³-hybridized carbons (Fsp3) is 0.561. The molecule has 0 saturated carbocycles. The van der Waals surface area contributed by atoms with Gasteiger partial charge in [0.2, 0.25) is 0 Å². The minimum absolute atomic E-state index is 0.115. The van der Waals surface area contributed by atoms with E-state index in [2.05, 4.69) is 106 Å². The first-order valence-corrected chi connectivity index (χ1v) is 24.8. The lowest BCUT2D eigenvalue weighted by Crippen LogP contribution is -2.30. The van der Waals surface area contributed by atoms with E-state index in [9.17, 15) is 14.4 Å². The zero-order valence-electron chi connectivity index (χ0n) is 40.0. The first kappa shape index (κ1) is 58.6. The first-order valence-electron chi connectivity index (χ1n) is 24.8. The van der Waals surface area contributed by atoms with Crippen LogP contribution in [-0.4, -0.2) is 37.2 Å². The van der Waals surface area contributed by atoms with Crippen molar-refractivity contribution in [3.8, 4) is 0 Å².